The molecule has 2 amide bonds. The zero-order valence-corrected chi connectivity index (χ0v) is 15.3. The van der Waals surface area contributed by atoms with Gasteiger partial charge in [-0.3, -0.25) is 9.59 Å². The first-order valence-corrected chi connectivity index (χ1v) is 9.10. The van der Waals surface area contributed by atoms with E-state index in [-0.39, 0.29) is 17.7 Å². The summed E-state index contributed by atoms with van der Waals surface area (Å²) in [6.45, 7) is 5.82. The first kappa shape index (κ1) is 18.0. The molecule has 2 N–H and O–H groups in total. The van der Waals surface area contributed by atoms with Crippen molar-refractivity contribution in [3.63, 3.8) is 0 Å². The van der Waals surface area contributed by atoms with E-state index >= 15 is 0 Å². The van der Waals surface area contributed by atoms with Gasteiger partial charge in [0.15, 0.2) is 0 Å². The summed E-state index contributed by atoms with van der Waals surface area (Å²) in [6.07, 6.45) is 2.44. The minimum absolute atomic E-state index is 0.0408. The van der Waals surface area contributed by atoms with E-state index in [0.29, 0.717) is 11.3 Å². The topological polar surface area (TPSA) is 61.4 Å². The molecule has 1 heterocycles. The average molecular weight is 351 g/mol. The molecule has 0 aromatic heterocycles. The van der Waals surface area contributed by atoms with Gasteiger partial charge in [-0.1, -0.05) is 19.9 Å². The lowest BCUT2D eigenvalue weighted by atomic mass is 10.1. The van der Waals surface area contributed by atoms with E-state index in [2.05, 4.69) is 21.6 Å². The second-order valence-corrected chi connectivity index (χ2v) is 6.92. The Balaban J connectivity index is 1.64. The van der Waals surface area contributed by atoms with E-state index in [1.807, 2.05) is 32.0 Å². The average Bonchev–Trinajstić information content (AvgIpc) is 3.17. The van der Waals surface area contributed by atoms with Crippen molar-refractivity contribution in [3.8, 4) is 0 Å². The minimum Gasteiger partial charge on any atom is -0.371 e. The lowest BCUT2D eigenvalue weighted by Crippen LogP contribution is -2.18. The van der Waals surface area contributed by atoms with Crippen molar-refractivity contribution < 1.29 is 9.59 Å². The smallest absolute Gasteiger partial charge is 0.255 e. The fourth-order valence-electron chi connectivity index (χ4n) is 2.95. The third-order valence-corrected chi connectivity index (χ3v) is 4.51. The molecular formula is C21H25N3O2. The molecule has 1 fully saturated rings. The van der Waals surface area contributed by atoms with Crippen LogP contribution in [0.5, 0.6) is 0 Å². The van der Waals surface area contributed by atoms with Crippen LogP contribution in [-0.2, 0) is 4.79 Å². The highest BCUT2D eigenvalue weighted by atomic mass is 16.2. The lowest BCUT2D eigenvalue weighted by Gasteiger charge is -2.18. The van der Waals surface area contributed by atoms with Gasteiger partial charge in [-0.15, -0.1) is 0 Å². The van der Waals surface area contributed by atoms with Crippen molar-refractivity contribution in [1.29, 1.82) is 0 Å². The van der Waals surface area contributed by atoms with Gasteiger partial charge in [0.25, 0.3) is 5.91 Å². The largest absolute Gasteiger partial charge is 0.371 e. The van der Waals surface area contributed by atoms with Crippen LogP contribution in [0, 0.1) is 5.92 Å². The van der Waals surface area contributed by atoms with Crippen LogP contribution in [-0.4, -0.2) is 24.9 Å². The zero-order chi connectivity index (χ0) is 18.5. The molecule has 26 heavy (non-hydrogen) atoms. The Morgan fingerprint density at radius 3 is 2.27 bits per heavy atom. The maximum absolute atomic E-state index is 12.5. The first-order valence-electron chi connectivity index (χ1n) is 9.10. The van der Waals surface area contributed by atoms with Gasteiger partial charge in [-0.2, -0.15) is 0 Å². The molecule has 3 rings (SSSR count). The van der Waals surface area contributed by atoms with E-state index in [1.54, 1.807) is 24.3 Å². The second kappa shape index (κ2) is 8.04. The molecule has 1 aliphatic rings. The zero-order valence-electron chi connectivity index (χ0n) is 15.3. The van der Waals surface area contributed by atoms with Crippen molar-refractivity contribution in [2.45, 2.75) is 26.7 Å². The molecule has 0 atom stereocenters. The number of nitrogens with zero attached hydrogens (tertiary/aromatic N) is 1. The van der Waals surface area contributed by atoms with Crippen LogP contribution < -0.4 is 15.5 Å². The fourth-order valence-corrected chi connectivity index (χ4v) is 2.95. The third-order valence-electron chi connectivity index (χ3n) is 4.51. The number of hydrogen-bond donors (Lipinski definition) is 2. The molecule has 0 unspecified atom stereocenters. The van der Waals surface area contributed by atoms with Crippen LogP contribution in [0.1, 0.15) is 37.0 Å². The van der Waals surface area contributed by atoms with Crippen molar-refractivity contribution in [2.24, 2.45) is 5.92 Å². The molecule has 136 valence electrons. The van der Waals surface area contributed by atoms with Gasteiger partial charge in [-0.25, -0.2) is 0 Å². The Morgan fingerprint density at radius 1 is 0.923 bits per heavy atom. The Hall–Kier alpha value is -2.82. The number of carbonyl (C=O) groups is 2. The van der Waals surface area contributed by atoms with Gasteiger partial charge in [0, 0.05) is 41.6 Å². The van der Waals surface area contributed by atoms with E-state index in [9.17, 15) is 9.59 Å². The normalized spacial score (nSPS) is 13.7. The summed E-state index contributed by atoms with van der Waals surface area (Å²) in [5.74, 6) is -0.285. The fraction of sp³-hybridized carbons (Fsp3) is 0.333. The van der Waals surface area contributed by atoms with Gasteiger partial charge in [-0.05, 0) is 55.3 Å². The highest BCUT2D eigenvalue weighted by Gasteiger charge is 2.13. The van der Waals surface area contributed by atoms with Crippen LogP contribution in [0.3, 0.4) is 0 Å². The minimum atomic E-state index is -0.162. The Labute approximate surface area is 154 Å². The Bertz CT molecular complexity index is 778. The first-order chi connectivity index (χ1) is 12.5. The monoisotopic (exact) mass is 351 g/mol. The Morgan fingerprint density at radius 2 is 1.62 bits per heavy atom. The van der Waals surface area contributed by atoms with Crippen molar-refractivity contribution in [3.05, 3.63) is 54.1 Å². The molecule has 5 heteroatoms. The molecule has 2 aromatic rings. The standard InChI is InChI=1S/C21H25N3O2/c1-15(2)20(25)22-17-10-8-16(9-11-17)21(26)23-18-6-5-7-19(14-18)24-12-3-4-13-24/h5-11,14-15H,3-4,12-13H2,1-2H3,(H,22,25)(H,23,26). The van der Waals surface area contributed by atoms with Crippen molar-refractivity contribution in [2.75, 3.05) is 28.6 Å². The van der Waals surface area contributed by atoms with Gasteiger partial charge in [0.05, 0.1) is 0 Å². The van der Waals surface area contributed by atoms with E-state index < -0.39 is 0 Å². The van der Waals surface area contributed by atoms with E-state index in [1.165, 1.54) is 12.8 Å². The van der Waals surface area contributed by atoms with Crippen LogP contribution >= 0.6 is 0 Å². The van der Waals surface area contributed by atoms with Crippen molar-refractivity contribution >= 4 is 28.9 Å². The molecule has 0 saturated carbocycles. The third kappa shape index (κ3) is 4.42. The number of nitrogens with one attached hydrogen (secondary N) is 2. The van der Waals surface area contributed by atoms with E-state index in [4.69, 9.17) is 0 Å². The highest BCUT2D eigenvalue weighted by molar-refractivity contribution is 6.05. The molecule has 0 aliphatic carbocycles. The summed E-state index contributed by atoms with van der Waals surface area (Å²) >= 11 is 0. The number of benzene rings is 2. The van der Waals surface area contributed by atoms with Crippen LogP contribution in [0.25, 0.3) is 0 Å². The van der Waals surface area contributed by atoms with Crippen LogP contribution in [0.2, 0.25) is 0 Å². The number of amides is 2. The number of anilines is 3. The lowest BCUT2D eigenvalue weighted by molar-refractivity contribution is -0.118. The predicted molar refractivity (Wildman–Crippen MR) is 106 cm³/mol. The molecular weight excluding hydrogens is 326 g/mol. The van der Waals surface area contributed by atoms with Crippen LogP contribution in [0.4, 0.5) is 17.1 Å². The summed E-state index contributed by atoms with van der Waals surface area (Å²) in [7, 11) is 0. The van der Waals surface area contributed by atoms with Gasteiger partial charge in [0.2, 0.25) is 5.91 Å². The molecule has 5 nitrogen and oxygen atoms in total. The molecule has 0 radical (unpaired) electrons. The summed E-state index contributed by atoms with van der Waals surface area (Å²) < 4.78 is 0. The van der Waals surface area contributed by atoms with E-state index in [0.717, 1.165) is 24.5 Å². The molecule has 1 saturated heterocycles. The molecule has 2 aromatic carbocycles. The second-order valence-electron chi connectivity index (χ2n) is 6.92. The molecule has 0 spiro atoms. The Kier molecular flexibility index (Phi) is 5.56. The molecule has 0 bridgehead atoms. The summed E-state index contributed by atoms with van der Waals surface area (Å²) in [5.41, 5.74) is 3.18. The SMILES string of the molecule is CC(C)C(=O)Nc1ccc(C(=O)Nc2cccc(N3CCCC3)c2)cc1. The van der Waals surface area contributed by atoms with Gasteiger partial charge in [0.1, 0.15) is 0 Å². The maximum Gasteiger partial charge on any atom is 0.255 e. The van der Waals surface area contributed by atoms with Gasteiger partial charge >= 0.3 is 0 Å². The summed E-state index contributed by atoms with van der Waals surface area (Å²) in [4.78, 5) is 26.5. The maximum atomic E-state index is 12.5. The predicted octanol–water partition coefficient (Wildman–Crippen LogP) is 4.13. The number of carbonyl (C=O) groups excluding carboxylic acids is 2. The number of rotatable bonds is 5. The van der Waals surface area contributed by atoms with Crippen molar-refractivity contribution in [1.82, 2.24) is 0 Å². The molecule has 1 aliphatic heterocycles. The quantitative estimate of drug-likeness (QED) is 0.851. The van der Waals surface area contributed by atoms with Gasteiger partial charge < -0.3 is 15.5 Å². The highest BCUT2D eigenvalue weighted by Crippen LogP contribution is 2.23. The summed E-state index contributed by atoms with van der Waals surface area (Å²) in [5, 5.41) is 5.77. The van der Waals surface area contributed by atoms with Crippen LogP contribution in [0.15, 0.2) is 48.5 Å². The number of hydrogen-bond acceptors (Lipinski definition) is 3. The summed E-state index contributed by atoms with van der Waals surface area (Å²) in [6, 6.07) is 14.9.